The van der Waals surface area contributed by atoms with Crippen LogP contribution in [0.5, 0.6) is 0 Å². The van der Waals surface area contributed by atoms with E-state index in [0.717, 1.165) is 18.4 Å². The summed E-state index contributed by atoms with van der Waals surface area (Å²) in [5.41, 5.74) is 1.12. The summed E-state index contributed by atoms with van der Waals surface area (Å²) in [4.78, 5) is 12.2. The van der Waals surface area contributed by atoms with E-state index in [2.05, 4.69) is 29.6 Å². The summed E-state index contributed by atoms with van der Waals surface area (Å²) in [7, 11) is 0. The second-order valence-corrected chi connectivity index (χ2v) is 5.72. The average Bonchev–Trinajstić information content (AvgIpc) is 2.48. The highest BCUT2D eigenvalue weighted by atomic mass is 16.1. The number of hydrogen-bond acceptors (Lipinski definition) is 1. The molecule has 1 aliphatic carbocycles. The van der Waals surface area contributed by atoms with Gasteiger partial charge in [0.05, 0.1) is 6.42 Å². The number of benzene rings is 2. The third-order valence-corrected chi connectivity index (χ3v) is 4.20. The Balaban J connectivity index is 1.71. The summed E-state index contributed by atoms with van der Waals surface area (Å²) in [5.74, 6) is 0.160. The number of fused-ring (bicyclic) bond motifs is 1. The Labute approximate surface area is 120 Å². The van der Waals surface area contributed by atoms with Crippen LogP contribution in [0.25, 0.3) is 10.8 Å². The molecule has 2 aromatic carbocycles. The van der Waals surface area contributed by atoms with Gasteiger partial charge < -0.3 is 5.32 Å². The number of hydrogen-bond donors (Lipinski definition) is 1. The number of nitrogens with one attached hydrogen (secondary N) is 1. The lowest BCUT2D eigenvalue weighted by atomic mass is 9.95. The average molecular weight is 267 g/mol. The predicted octanol–water partition coefficient (Wildman–Crippen LogP) is 3.83. The van der Waals surface area contributed by atoms with Gasteiger partial charge in [-0.2, -0.15) is 0 Å². The topological polar surface area (TPSA) is 29.1 Å². The Hall–Kier alpha value is -1.83. The van der Waals surface area contributed by atoms with Gasteiger partial charge in [-0.05, 0) is 29.2 Å². The SMILES string of the molecule is O=C(Cc1cccc2ccccc12)NC1CCCCC1. The van der Waals surface area contributed by atoms with Crippen LogP contribution in [0.4, 0.5) is 0 Å². The summed E-state index contributed by atoms with van der Waals surface area (Å²) in [6.07, 6.45) is 6.58. The van der Waals surface area contributed by atoms with Gasteiger partial charge in [0.2, 0.25) is 5.91 Å². The second kappa shape index (κ2) is 6.08. The molecule has 3 rings (SSSR count). The molecule has 1 saturated carbocycles. The molecule has 1 N–H and O–H groups in total. The minimum absolute atomic E-state index is 0.160. The van der Waals surface area contributed by atoms with Crippen LogP contribution in [-0.2, 0) is 11.2 Å². The molecule has 20 heavy (non-hydrogen) atoms. The normalized spacial score (nSPS) is 16.2. The molecule has 0 aliphatic heterocycles. The van der Waals surface area contributed by atoms with Crippen molar-refractivity contribution in [1.29, 1.82) is 0 Å². The van der Waals surface area contributed by atoms with Crippen LogP contribution in [-0.4, -0.2) is 11.9 Å². The van der Waals surface area contributed by atoms with Crippen molar-refractivity contribution in [2.24, 2.45) is 0 Å². The standard InChI is InChI=1S/C18H21NO/c20-18(19-16-10-2-1-3-11-16)13-15-9-6-8-14-7-4-5-12-17(14)15/h4-9,12,16H,1-3,10-11,13H2,(H,19,20). The highest BCUT2D eigenvalue weighted by Gasteiger charge is 2.16. The van der Waals surface area contributed by atoms with Crippen LogP contribution in [0.15, 0.2) is 42.5 Å². The van der Waals surface area contributed by atoms with Crippen molar-refractivity contribution in [3.05, 3.63) is 48.0 Å². The minimum atomic E-state index is 0.160. The van der Waals surface area contributed by atoms with E-state index < -0.39 is 0 Å². The van der Waals surface area contributed by atoms with Crippen LogP contribution in [0.3, 0.4) is 0 Å². The molecule has 0 saturated heterocycles. The Morgan fingerprint density at radius 2 is 1.75 bits per heavy atom. The molecule has 104 valence electrons. The molecule has 0 unspecified atom stereocenters. The highest BCUT2D eigenvalue weighted by molar-refractivity contribution is 5.90. The van der Waals surface area contributed by atoms with E-state index in [1.807, 2.05) is 18.2 Å². The fourth-order valence-electron chi connectivity index (χ4n) is 3.15. The van der Waals surface area contributed by atoms with Gasteiger partial charge >= 0.3 is 0 Å². The third kappa shape index (κ3) is 3.01. The van der Waals surface area contributed by atoms with Crippen LogP contribution in [0, 0.1) is 0 Å². The lowest BCUT2D eigenvalue weighted by Gasteiger charge is -2.22. The van der Waals surface area contributed by atoms with Crippen LogP contribution in [0.1, 0.15) is 37.7 Å². The first-order valence-corrected chi connectivity index (χ1v) is 7.59. The molecule has 0 spiro atoms. The van der Waals surface area contributed by atoms with Gasteiger partial charge in [-0.1, -0.05) is 61.7 Å². The fraction of sp³-hybridized carbons (Fsp3) is 0.389. The molecular weight excluding hydrogens is 246 g/mol. The first-order valence-electron chi connectivity index (χ1n) is 7.59. The zero-order valence-corrected chi connectivity index (χ0v) is 11.8. The van der Waals surface area contributed by atoms with Crippen LogP contribution >= 0.6 is 0 Å². The summed E-state index contributed by atoms with van der Waals surface area (Å²) < 4.78 is 0. The minimum Gasteiger partial charge on any atom is -0.353 e. The van der Waals surface area contributed by atoms with Gasteiger partial charge in [0, 0.05) is 6.04 Å². The third-order valence-electron chi connectivity index (χ3n) is 4.20. The van der Waals surface area contributed by atoms with E-state index >= 15 is 0 Å². The Morgan fingerprint density at radius 1 is 1.00 bits per heavy atom. The molecule has 0 atom stereocenters. The van der Waals surface area contributed by atoms with Gasteiger partial charge in [-0.3, -0.25) is 4.79 Å². The fourth-order valence-corrected chi connectivity index (χ4v) is 3.15. The number of amides is 1. The molecule has 1 aliphatic rings. The molecule has 2 heteroatoms. The molecule has 2 nitrogen and oxygen atoms in total. The largest absolute Gasteiger partial charge is 0.353 e. The second-order valence-electron chi connectivity index (χ2n) is 5.72. The molecule has 0 radical (unpaired) electrons. The maximum absolute atomic E-state index is 12.2. The molecule has 2 aromatic rings. The van der Waals surface area contributed by atoms with Gasteiger partial charge in [0.25, 0.3) is 0 Å². The van der Waals surface area contributed by atoms with Gasteiger partial charge in [-0.15, -0.1) is 0 Å². The summed E-state index contributed by atoms with van der Waals surface area (Å²) in [6.45, 7) is 0. The zero-order valence-electron chi connectivity index (χ0n) is 11.8. The Morgan fingerprint density at radius 3 is 2.60 bits per heavy atom. The van der Waals surface area contributed by atoms with E-state index in [-0.39, 0.29) is 5.91 Å². The summed E-state index contributed by atoms with van der Waals surface area (Å²) in [6, 6.07) is 14.8. The van der Waals surface area contributed by atoms with E-state index in [4.69, 9.17) is 0 Å². The summed E-state index contributed by atoms with van der Waals surface area (Å²) >= 11 is 0. The Bertz CT molecular complexity index is 594. The van der Waals surface area contributed by atoms with E-state index in [9.17, 15) is 4.79 Å². The van der Waals surface area contributed by atoms with Crippen molar-refractivity contribution in [2.75, 3.05) is 0 Å². The lowest BCUT2D eigenvalue weighted by Crippen LogP contribution is -2.37. The zero-order chi connectivity index (χ0) is 13.8. The van der Waals surface area contributed by atoms with E-state index in [0.29, 0.717) is 12.5 Å². The van der Waals surface area contributed by atoms with Gasteiger partial charge in [0.15, 0.2) is 0 Å². The quantitative estimate of drug-likeness (QED) is 0.899. The molecule has 0 aromatic heterocycles. The smallest absolute Gasteiger partial charge is 0.224 e. The molecule has 0 bridgehead atoms. The van der Waals surface area contributed by atoms with E-state index in [1.54, 1.807) is 0 Å². The van der Waals surface area contributed by atoms with Crippen molar-refractivity contribution in [3.63, 3.8) is 0 Å². The molecule has 1 amide bonds. The highest BCUT2D eigenvalue weighted by Crippen LogP contribution is 2.20. The predicted molar refractivity (Wildman–Crippen MR) is 82.7 cm³/mol. The van der Waals surface area contributed by atoms with Crippen molar-refractivity contribution in [1.82, 2.24) is 5.32 Å². The number of carbonyl (C=O) groups is 1. The lowest BCUT2D eigenvalue weighted by molar-refractivity contribution is -0.121. The first-order chi connectivity index (χ1) is 9.83. The van der Waals surface area contributed by atoms with Crippen LogP contribution < -0.4 is 5.32 Å². The van der Waals surface area contributed by atoms with Crippen molar-refractivity contribution < 1.29 is 4.79 Å². The molecule has 1 fully saturated rings. The first kappa shape index (κ1) is 13.2. The maximum atomic E-state index is 12.2. The van der Waals surface area contributed by atoms with Crippen molar-refractivity contribution in [3.8, 4) is 0 Å². The van der Waals surface area contributed by atoms with Crippen LogP contribution in [0.2, 0.25) is 0 Å². The van der Waals surface area contributed by atoms with Gasteiger partial charge in [-0.25, -0.2) is 0 Å². The van der Waals surface area contributed by atoms with Crippen molar-refractivity contribution in [2.45, 2.75) is 44.6 Å². The monoisotopic (exact) mass is 267 g/mol. The Kier molecular flexibility index (Phi) is 4.00. The number of rotatable bonds is 3. The number of carbonyl (C=O) groups excluding carboxylic acids is 1. The molecule has 0 heterocycles. The summed E-state index contributed by atoms with van der Waals surface area (Å²) in [5, 5.41) is 5.59. The van der Waals surface area contributed by atoms with E-state index in [1.165, 1.54) is 30.0 Å². The van der Waals surface area contributed by atoms with Gasteiger partial charge in [0.1, 0.15) is 0 Å². The maximum Gasteiger partial charge on any atom is 0.224 e. The van der Waals surface area contributed by atoms with Crippen molar-refractivity contribution >= 4 is 16.7 Å². The molecular formula is C18H21NO.